The molecule has 0 amide bonds. The van der Waals surface area contributed by atoms with Gasteiger partial charge in [-0.2, -0.15) is 13.2 Å². The first-order valence-corrected chi connectivity index (χ1v) is 9.85. The van der Waals surface area contributed by atoms with Crippen molar-refractivity contribution in [1.82, 2.24) is 15.5 Å². The monoisotopic (exact) mass is 363 g/mol. The fourth-order valence-corrected chi connectivity index (χ4v) is 4.74. The van der Waals surface area contributed by atoms with E-state index in [1.54, 1.807) is 4.90 Å². The fourth-order valence-electron chi connectivity index (χ4n) is 4.74. The topological polar surface area (TPSA) is 36.5 Å². The van der Waals surface area contributed by atoms with Gasteiger partial charge in [0.05, 0.1) is 19.8 Å². The Morgan fingerprint density at radius 3 is 2.60 bits per heavy atom. The summed E-state index contributed by atoms with van der Waals surface area (Å²) in [5.74, 6) is 1.21. The van der Waals surface area contributed by atoms with Crippen LogP contribution in [-0.2, 0) is 4.74 Å². The molecule has 3 atom stereocenters. The quantitative estimate of drug-likeness (QED) is 0.760. The third-order valence-corrected chi connectivity index (χ3v) is 6.11. The zero-order valence-corrected chi connectivity index (χ0v) is 15.0. The van der Waals surface area contributed by atoms with Crippen molar-refractivity contribution in [2.75, 3.05) is 45.9 Å². The van der Waals surface area contributed by atoms with Crippen LogP contribution in [0, 0.1) is 11.8 Å². The Labute approximate surface area is 148 Å². The van der Waals surface area contributed by atoms with E-state index in [0.717, 1.165) is 45.6 Å². The second-order valence-corrected chi connectivity index (χ2v) is 7.91. The van der Waals surface area contributed by atoms with Gasteiger partial charge in [-0.15, -0.1) is 0 Å². The second kappa shape index (κ2) is 9.02. The standard InChI is InChI=1S/C18H32F3N3O/c19-18(20,21)13-24-9-5-14(6-10-24)4-7-22-16-3-1-2-15(16)17-12-25-11-8-23-17/h14-17,22-23H,1-13H2. The zero-order valence-electron chi connectivity index (χ0n) is 15.0. The van der Waals surface area contributed by atoms with Crippen molar-refractivity contribution in [2.45, 2.75) is 56.8 Å². The average Bonchev–Trinajstić information content (AvgIpc) is 3.04. The lowest BCUT2D eigenvalue weighted by molar-refractivity contribution is -0.148. The minimum absolute atomic E-state index is 0.472. The predicted octanol–water partition coefficient (Wildman–Crippen LogP) is 2.40. The number of morpholine rings is 1. The molecular weight excluding hydrogens is 331 g/mol. The van der Waals surface area contributed by atoms with Gasteiger partial charge in [0, 0.05) is 18.6 Å². The molecule has 2 N–H and O–H groups in total. The van der Waals surface area contributed by atoms with E-state index in [1.165, 1.54) is 19.3 Å². The highest BCUT2D eigenvalue weighted by Crippen LogP contribution is 2.30. The Hall–Kier alpha value is -0.370. The van der Waals surface area contributed by atoms with Crippen LogP contribution in [0.15, 0.2) is 0 Å². The molecule has 2 heterocycles. The number of rotatable bonds is 6. The number of halogens is 3. The van der Waals surface area contributed by atoms with Gasteiger partial charge in [-0.3, -0.25) is 4.90 Å². The van der Waals surface area contributed by atoms with Gasteiger partial charge < -0.3 is 15.4 Å². The minimum atomic E-state index is -4.07. The molecule has 1 aliphatic carbocycles. The number of ether oxygens (including phenoxy) is 1. The lowest BCUT2D eigenvalue weighted by Gasteiger charge is -2.34. The lowest BCUT2D eigenvalue weighted by Crippen LogP contribution is -2.51. The molecule has 2 saturated heterocycles. The highest BCUT2D eigenvalue weighted by atomic mass is 19.4. The van der Waals surface area contributed by atoms with Crippen molar-refractivity contribution in [2.24, 2.45) is 11.8 Å². The number of alkyl halides is 3. The third-order valence-electron chi connectivity index (χ3n) is 6.11. The molecule has 7 heteroatoms. The van der Waals surface area contributed by atoms with Gasteiger partial charge in [-0.1, -0.05) is 6.42 Å². The van der Waals surface area contributed by atoms with E-state index in [4.69, 9.17) is 4.74 Å². The Morgan fingerprint density at radius 1 is 1.12 bits per heavy atom. The van der Waals surface area contributed by atoms with Crippen LogP contribution in [-0.4, -0.2) is 69.1 Å². The number of nitrogens with one attached hydrogen (secondary N) is 2. The molecule has 0 aromatic carbocycles. The molecule has 3 rings (SSSR count). The van der Waals surface area contributed by atoms with E-state index in [2.05, 4.69) is 10.6 Å². The summed E-state index contributed by atoms with van der Waals surface area (Å²) in [6.07, 6.45) is 2.56. The summed E-state index contributed by atoms with van der Waals surface area (Å²) in [6, 6.07) is 1.03. The maximum atomic E-state index is 12.4. The highest BCUT2D eigenvalue weighted by Gasteiger charge is 2.35. The maximum absolute atomic E-state index is 12.4. The van der Waals surface area contributed by atoms with Crippen LogP contribution >= 0.6 is 0 Å². The van der Waals surface area contributed by atoms with E-state index in [0.29, 0.717) is 37.0 Å². The number of likely N-dealkylation sites (tertiary alicyclic amines) is 1. The smallest absolute Gasteiger partial charge is 0.379 e. The van der Waals surface area contributed by atoms with Crippen molar-refractivity contribution in [1.29, 1.82) is 0 Å². The van der Waals surface area contributed by atoms with Crippen LogP contribution in [0.1, 0.15) is 38.5 Å². The van der Waals surface area contributed by atoms with Gasteiger partial charge in [-0.25, -0.2) is 0 Å². The van der Waals surface area contributed by atoms with Gasteiger partial charge in [0.15, 0.2) is 0 Å². The molecule has 3 fully saturated rings. The Balaban J connectivity index is 1.33. The molecule has 0 spiro atoms. The van der Waals surface area contributed by atoms with E-state index in [1.807, 2.05) is 0 Å². The fraction of sp³-hybridized carbons (Fsp3) is 1.00. The largest absolute Gasteiger partial charge is 0.401 e. The molecule has 0 bridgehead atoms. The predicted molar refractivity (Wildman–Crippen MR) is 91.6 cm³/mol. The Bertz CT molecular complexity index is 394. The van der Waals surface area contributed by atoms with Crippen LogP contribution in [0.2, 0.25) is 0 Å². The van der Waals surface area contributed by atoms with Gasteiger partial charge in [0.25, 0.3) is 0 Å². The van der Waals surface area contributed by atoms with Crippen molar-refractivity contribution in [3.05, 3.63) is 0 Å². The summed E-state index contributed by atoms with van der Waals surface area (Å²) in [6.45, 7) is 3.98. The molecule has 1 saturated carbocycles. The van der Waals surface area contributed by atoms with Gasteiger partial charge in [-0.05, 0) is 63.6 Å². The van der Waals surface area contributed by atoms with E-state index < -0.39 is 12.7 Å². The summed E-state index contributed by atoms with van der Waals surface area (Å²) in [7, 11) is 0. The first-order valence-electron chi connectivity index (χ1n) is 9.85. The van der Waals surface area contributed by atoms with Crippen molar-refractivity contribution in [3.63, 3.8) is 0 Å². The SMILES string of the molecule is FC(F)(F)CN1CCC(CCNC2CCCC2C2COCCN2)CC1. The third kappa shape index (κ3) is 6.08. The van der Waals surface area contributed by atoms with E-state index >= 15 is 0 Å². The van der Waals surface area contributed by atoms with Crippen LogP contribution < -0.4 is 10.6 Å². The summed E-state index contributed by atoms with van der Waals surface area (Å²) in [5.41, 5.74) is 0. The van der Waals surface area contributed by atoms with E-state index in [-0.39, 0.29) is 0 Å². The normalized spacial score (nSPS) is 33.0. The molecule has 3 aliphatic rings. The first kappa shape index (κ1) is 19.4. The molecule has 0 aromatic rings. The number of piperidine rings is 1. The maximum Gasteiger partial charge on any atom is 0.401 e. The van der Waals surface area contributed by atoms with Crippen LogP contribution in [0.5, 0.6) is 0 Å². The summed E-state index contributed by atoms with van der Waals surface area (Å²) >= 11 is 0. The van der Waals surface area contributed by atoms with Gasteiger partial charge in [0.1, 0.15) is 0 Å². The van der Waals surface area contributed by atoms with Crippen LogP contribution in [0.4, 0.5) is 13.2 Å². The van der Waals surface area contributed by atoms with Crippen LogP contribution in [0.3, 0.4) is 0 Å². The van der Waals surface area contributed by atoms with Crippen molar-refractivity contribution < 1.29 is 17.9 Å². The van der Waals surface area contributed by atoms with E-state index in [9.17, 15) is 13.2 Å². The summed E-state index contributed by atoms with van der Waals surface area (Å²) in [5, 5.41) is 7.33. The second-order valence-electron chi connectivity index (χ2n) is 7.91. The number of hydrogen-bond acceptors (Lipinski definition) is 4. The Kier molecular flexibility index (Phi) is 7.00. The molecule has 3 unspecified atom stereocenters. The first-order chi connectivity index (χ1) is 12.0. The molecule has 0 radical (unpaired) electrons. The Morgan fingerprint density at radius 2 is 1.92 bits per heavy atom. The number of hydrogen-bond donors (Lipinski definition) is 2. The number of nitrogens with zero attached hydrogens (tertiary/aromatic N) is 1. The summed E-state index contributed by atoms with van der Waals surface area (Å²) < 4.78 is 42.9. The van der Waals surface area contributed by atoms with Gasteiger partial charge >= 0.3 is 6.18 Å². The van der Waals surface area contributed by atoms with Crippen LogP contribution in [0.25, 0.3) is 0 Å². The van der Waals surface area contributed by atoms with Crippen molar-refractivity contribution in [3.8, 4) is 0 Å². The molecular formula is C18H32F3N3O. The van der Waals surface area contributed by atoms with Crippen molar-refractivity contribution >= 4 is 0 Å². The van der Waals surface area contributed by atoms with Gasteiger partial charge in [0.2, 0.25) is 0 Å². The summed E-state index contributed by atoms with van der Waals surface area (Å²) in [4.78, 5) is 1.55. The molecule has 0 aromatic heterocycles. The molecule has 4 nitrogen and oxygen atoms in total. The molecule has 2 aliphatic heterocycles. The average molecular weight is 363 g/mol. The lowest BCUT2D eigenvalue weighted by atomic mass is 9.92. The zero-order chi connectivity index (χ0) is 17.7. The molecule has 25 heavy (non-hydrogen) atoms. The highest BCUT2D eigenvalue weighted by molar-refractivity contribution is 4.92. The molecule has 146 valence electrons. The minimum Gasteiger partial charge on any atom is -0.379 e.